The van der Waals surface area contributed by atoms with Crippen LogP contribution in [0.25, 0.3) is 0 Å². The zero-order valence-corrected chi connectivity index (χ0v) is 12.2. The van der Waals surface area contributed by atoms with Gasteiger partial charge in [0.2, 0.25) is 0 Å². The zero-order chi connectivity index (χ0) is 14.4. The van der Waals surface area contributed by atoms with Gasteiger partial charge < -0.3 is 10.0 Å². The number of rotatable bonds is 7. The fourth-order valence-electron chi connectivity index (χ4n) is 2.11. The number of carboxylic acids is 1. The number of nitrogens with zero attached hydrogens (tertiary/aromatic N) is 1. The highest BCUT2D eigenvalue weighted by Crippen LogP contribution is 2.20. The predicted octanol–water partition coefficient (Wildman–Crippen LogP) is 2.66. The second kappa shape index (κ2) is 7.14. The van der Waals surface area contributed by atoms with Crippen LogP contribution >= 0.6 is 0 Å². The van der Waals surface area contributed by atoms with Gasteiger partial charge in [0.1, 0.15) is 6.04 Å². The van der Waals surface area contributed by atoms with E-state index in [-0.39, 0.29) is 6.04 Å². The molecule has 0 aliphatic carbocycles. The van der Waals surface area contributed by atoms with Gasteiger partial charge in [-0.2, -0.15) is 0 Å². The molecular formula is C15H24N2O2. The summed E-state index contributed by atoms with van der Waals surface area (Å²) in [5.41, 5.74) is 1.92. The number of carboxylic acid groups (broad SMARTS) is 1. The Morgan fingerprint density at radius 3 is 2.11 bits per heavy atom. The van der Waals surface area contributed by atoms with Crippen molar-refractivity contribution in [3.63, 3.8) is 0 Å². The minimum atomic E-state index is -0.843. The second-order valence-corrected chi connectivity index (χ2v) is 4.86. The van der Waals surface area contributed by atoms with Crippen molar-refractivity contribution in [2.24, 2.45) is 0 Å². The van der Waals surface area contributed by atoms with Gasteiger partial charge in [-0.15, -0.1) is 0 Å². The predicted molar refractivity (Wildman–Crippen MR) is 78.7 cm³/mol. The number of aliphatic carboxylic acids is 1. The lowest BCUT2D eigenvalue weighted by atomic mass is 10.1. The normalized spacial score (nSPS) is 12.5. The number of nitrogens with one attached hydrogen (secondary N) is 1. The van der Waals surface area contributed by atoms with E-state index in [4.69, 9.17) is 0 Å². The molecule has 1 rings (SSSR count). The van der Waals surface area contributed by atoms with Gasteiger partial charge in [-0.3, -0.25) is 10.1 Å². The van der Waals surface area contributed by atoms with Crippen LogP contribution in [0, 0.1) is 0 Å². The quantitative estimate of drug-likeness (QED) is 0.795. The van der Waals surface area contributed by atoms with Gasteiger partial charge in [-0.05, 0) is 45.4 Å². The number of anilines is 1. The van der Waals surface area contributed by atoms with E-state index < -0.39 is 12.0 Å². The number of hydrogen-bond donors (Lipinski definition) is 2. The first kappa shape index (κ1) is 15.5. The molecule has 19 heavy (non-hydrogen) atoms. The molecule has 0 spiro atoms. The maximum absolute atomic E-state index is 11.3. The highest BCUT2D eigenvalue weighted by molar-refractivity contribution is 5.75. The van der Waals surface area contributed by atoms with E-state index in [2.05, 4.69) is 24.1 Å². The monoisotopic (exact) mass is 264 g/mol. The van der Waals surface area contributed by atoms with Gasteiger partial charge in [-0.25, -0.2) is 0 Å². The van der Waals surface area contributed by atoms with Crippen LogP contribution in [-0.4, -0.2) is 30.2 Å². The van der Waals surface area contributed by atoms with Crippen molar-refractivity contribution in [1.82, 2.24) is 5.32 Å². The van der Waals surface area contributed by atoms with Crippen molar-refractivity contribution in [1.29, 1.82) is 0 Å². The molecule has 4 heteroatoms. The molecule has 0 radical (unpaired) electrons. The van der Waals surface area contributed by atoms with E-state index >= 15 is 0 Å². The standard InChI is InChI=1S/C15H24N2O2/c1-5-17(6-2)13-9-7-12(8-10-13)14(15(18)19)16-11(3)4/h7-11,14,16H,5-6H2,1-4H3,(H,18,19). The molecule has 0 aliphatic rings. The number of hydrogen-bond acceptors (Lipinski definition) is 3. The summed E-state index contributed by atoms with van der Waals surface area (Å²) < 4.78 is 0. The molecule has 0 bridgehead atoms. The third-order valence-electron chi connectivity index (χ3n) is 3.10. The molecule has 0 heterocycles. The third-order valence-corrected chi connectivity index (χ3v) is 3.10. The summed E-state index contributed by atoms with van der Waals surface area (Å²) in [5, 5.41) is 12.3. The summed E-state index contributed by atoms with van der Waals surface area (Å²) in [7, 11) is 0. The molecule has 2 N–H and O–H groups in total. The molecule has 0 aromatic heterocycles. The minimum absolute atomic E-state index is 0.128. The van der Waals surface area contributed by atoms with E-state index in [1.165, 1.54) is 0 Å². The third kappa shape index (κ3) is 4.24. The Bertz CT molecular complexity index is 397. The van der Waals surface area contributed by atoms with Crippen LogP contribution in [-0.2, 0) is 4.79 Å². The molecule has 0 fully saturated rings. The summed E-state index contributed by atoms with van der Waals surface area (Å²) in [6.45, 7) is 10.0. The fourth-order valence-corrected chi connectivity index (χ4v) is 2.11. The molecule has 0 saturated heterocycles. The first-order chi connectivity index (χ1) is 8.99. The van der Waals surface area contributed by atoms with Crippen molar-refractivity contribution in [2.45, 2.75) is 39.8 Å². The first-order valence-electron chi connectivity index (χ1n) is 6.83. The lowest BCUT2D eigenvalue weighted by Gasteiger charge is -2.22. The summed E-state index contributed by atoms with van der Waals surface area (Å²) in [6.07, 6.45) is 0. The van der Waals surface area contributed by atoms with Crippen LogP contribution in [0.5, 0.6) is 0 Å². The van der Waals surface area contributed by atoms with Gasteiger partial charge in [0.15, 0.2) is 0 Å². The highest BCUT2D eigenvalue weighted by atomic mass is 16.4. The van der Waals surface area contributed by atoms with Crippen LogP contribution in [0.3, 0.4) is 0 Å². The number of benzene rings is 1. The molecule has 4 nitrogen and oxygen atoms in total. The van der Waals surface area contributed by atoms with Gasteiger partial charge in [0, 0.05) is 24.8 Å². The highest BCUT2D eigenvalue weighted by Gasteiger charge is 2.20. The molecule has 1 unspecified atom stereocenters. The number of carbonyl (C=O) groups is 1. The Hall–Kier alpha value is -1.55. The van der Waals surface area contributed by atoms with Crippen LogP contribution in [0.2, 0.25) is 0 Å². The fraction of sp³-hybridized carbons (Fsp3) is 0.533. The smallest absolute Gasteiger partial charge is 0.325 e. The molecule has 0 saturated carbocycles. The maximum atomic E-state index is 11.3. The average molecular weight is 264 g/mol. The summed E-state index contributed by atoms with van der Waals surface area (Å²) in [6, 6.07) is 7.24. The Morgan fingerprint density at radius 1 is 1.21 bits per heavy atom. The van der Waals surface area contributed by atoms with E-state index in [1.807, 2.05) is 38.1 Å². The Balaban J connectivity index is 2.92. The van der Waals surface area contributed by atoms with Crippen molar-refractivity contribution in [2.75, 3.05) is 18.0 Å². The van der Waals surface area contributed by atoms with Gasteiger partial charge in [-0.1, -0.05) is 12.1 Å². The molecular weight excluding hydrogens is 240 g/mol. The van der Waals surface area contributed by atoms with E-state index in [1.54, 1.807) is 0 Å². The summed E-state index contributed by atoms with van der Waals surface area (Å²) in [5.74, 6) is -0.843. The zero-order valence-electron chi connectivity index (χ0n) is 12.2. The average Bonchev–Trinajstić information content (AvgIpc) is 2.38. The molecule has 1 aromatic carbocycles. The first-order valence-corrected chi connectivity index (χ1v) is 6.83. The van der Waals surface area contributed by atoms with Crippen LogP contribution in [0.1, 0.15) is 39.3 Å². The summed E-state index contributed by atoms with van der Waals surface area (Å²) >= 11 is 0. The van der Waals surface area contributed by atoms with Crippen molar-refractivity contribution >= 4 is 11.7 Å². The van der Waals surface area contributed by atoms with E-state index in [9.17, 15) is 9.90 Å². The molecule has 106 valence electrons. The minimum Gasteiger partial charge on any atom is -0.480 e. The van der Waals surface area contributed by atoms with Gasteiger partial charge in [0.25, 0.3) is 0 Å². The van der Waals surface area contributed by atoms with Crippen molar-refractivity contribution < 1.29 is 9.90 Å². The van der Waals surface area contributed by atoms with Crippen molar-refractivity contribution in [3.8, 4) is 0 Å². The van der Waals surface area contributed by atoms with Gasteiger partial charge >= 0.3 is 5.97 Å². The molecule has 0 aliphatic heterocycles. The van der Waals surface area contributed by atoms with Gasteiger partial charge in [0.05, 0.1) is 0 Å². The second-order valence-electron chi connectivity index (χ2n) is 4.86. The van der Waals surface area contributed by atoms with E-state index in [0.717, 1.165) is 24.3 Å². The maximum Gasteiger partial charge on any atom is 0.325 e. The van der Waals surface area contributed by atoms with E-state index in [0.29, 0.717) is 0 Å². The Morgan fingerprint density at radius 2 is 1.74 bits per heavy atom. The SMILES string of the molecule is CCN(CC)c1ccc(C(NC(C)C)C(=O)O)cc1. The van der Waals surface area contributed by atoms with Crippen LogP contribution in [0.15, 0.2) is 24.3 Å². The summed E-state index contributed by atoms with van der Waals surface area (Å²) in [4.78, 5) is 13.5. The van der Waals surface area contributed by atoms with Crippen molar-refractivity contribution in [3.05, 3.63) is 29.8 Å². The topological polar surface area (TPSA) is 52.6 Å². The lowest BCUT2D eigenvalue weighted by molar-refractivity contribution is -0.139. The Labute approximate surface area is 115 Å². The van der Waals surface area contributed by atoms with Crippen LogP contribution in [0.4, 0.5) is 5.69 Å². The molecule has 0 amide bonds. The molecule has 1 aromatic rings. The molecule has 1 atom stereocenters. The van der Waals surface area contributed by atoms with Crippen LogP contribution < -0.4 is 10.2 Å². The lowest BCUT2D eigenvalue weighted by Crippen LogP contribution is -2.33. The largest absolute Gasteiger partial charge is 0.480 e. The Kier molecular flexibility index (Phi) is 5.83.